The van der Waals surface area contributed by atoms with E-state index >= 15 is 0 Å². The molecule has 1 aliphatic rings. The van der Waals surface area contributed by atoms with E-state index in [9.17, 15) is 4.39 Å². The Morgan fingerprint density at radius 2 is 1.68 bits per heavy atom. The molecule has 0 saturated heterocycles. The normalized spacial score (nSPS) is 12.5. The van der Waals surface area contributed by atoms with Crippen LogP contribution in [0, 0.1) is 5.82 Å². The summed E-state index contributed by atoms with van der Waals surface area (Å²) in [5.41, 5.74) is 4.33. The predicted octanol–water partition coefficient (Wildman–Crippen LogP) is 4.45. The molecular weight excluding hydrogens is 277 g/mol. The highest BCUT2D eigenvalue weighted by molar-refractivity contribution is 6.18. The average Bonchev–Trinajstić information content (AvgIpc) is 2.72. The van der Waals surface area contributed by atoms with Gasteiger partial charge in [0.1, 0.15) is 11.5 Å². The summed E-state index contributed by atoms with van der Waals surface area (Å²) in [6, 6.07) is 18.0. The summed E-state index contributed by atoms with van der Waals surface area (Å²) >= 11 is 0. The molecule has 0 amide bonds. The van der Waals surface area contributed by atoms with E-state index in [0.29, 0.717) is 5.82 Å². The van der Waals surface area contributed by atoms with Gasteiger partial charge >= 0.3 is 0 Å². The molecule has 0 aliphatic carbocycles. The summed E-state index contributed by atoms with van der Waals surface area (Å²) in [5.74, 6) is 0.457. The molecule has 1 aromatic heterocycles. The molecule has 4 rings (SSSR count). The molecule has 1 aliphatic heterocycles. The number of hydrogen-bond donors (Lipinski definition) is 1. The Hall–Kier alpha value is -3.01. The zero-order chi connectivity index (χ0) is 14.9. The lowest BCUT2D eigenvalue weighted by molar-refractivity contribution is 0.628. The molecule has 0 radical (unpaired) electrons. The highest BCUT2D eigenvalue weighted by atomic mass is 19.1. The maximum absolute atomic E-state index is 13.2. The van der Waals surface area contributed by atoms with Crippen LogP contribution in [-0.2, 0) is 0 Å². The summed E-state index contributed by atoms with van der Waals surface area (Å²) < 4.78 is 13.2. The van der Waals surface area contributed by atoms with Crippen molar-refractivity contribution in [3.63, 3.8) is 0 Å². The zero-order valence-corrected chi connectivity index (χ0v) is 11.6. The molecule has 0 atom stereocenters. The Labute approximate surface area is 127 Å². The van der Waals surface area contributed by atoms with Crippen LogP contribution in [0.5, 0.6) is 0 Å². The molecule has 0 saturated carbocycles. The molecule has 22 heavy (non-hydrogen) atoms. The number of anilines is 2. The largest absolute Gasteiger partial charge is 0.338 e. The van der Waals surface area contributed by atoms with Crippen LogP contribution in [0.1, 0.15) is 11.1 Å². The lowest BCUT2D eigenvalue weighted by atomic mass is 10.0. The highest BCUT2D eigenvalue weighted by Crippen LogP contribution is 2.33. The number of benzene rings is 2. The smallest absolute Gasteiger partial charge is 0.156 e. The Bertz CT molecular complexity index is 870. The standard InChI is InChI=1S/C18H12FN3/c19-13-9-7-12(8-10-13)17-14-4-1-2-5-15(14)22-18-16(21-17)6-3-11-20-18/h1-11H,(H,20,22). The molecule has 1 N–H and O–H groups in total. The Balaban J connectivity index is 1.98. The van der Waals surface area contributed by atoms with Gasteiger partial charge in [0, 0.05) is 23.0 Å². The summed E-state index contributed by atoms with van der Waals surface area (Å²) in [6.45, 7) is 0. The van der Waals surface area contributed by atoms with Crippen LogP contribution in [0.4, 0.5) is 21.6 Å². The van der Waals surface area contributed by atoms with Gasteiger partial charge in [-0.05, 0) is 42.5 Å². The highest BCUT2D eigenvalue weighted by Gasteiger charge is 2.17. The molecule has 2 heterocycles. The number of aromatic nitrogens is 1. The first-order valence-corrected chi connectivity index (χ1v) is 6.97. The van der Waals surface area contributed by atoms with Gasteiger partial charge in [0.2, 0.25) is 0 Å². The van der Waals surface area contributed by atoms with Gasteiger partial charge < -0.3 is 5.32 Å². The van der Waals surface area contributed by atoms with Crippen molar-refractivity contribution in [3.8, 4) is 0 Å². The van der Waals surface area contributed by atoms with E-state index < -0.39 is 0 Å². The third kappa shape index (κ3) is 2.15. The van der Waals surface area contributed by atoms with Gasteiger partial charge in [-0.3, -0.25) is 0 Å². The molecule has 0 unspecified atom stereocenters. The lowest BCUT2D eigenvalue weighted by Crippen LogP contribution is -2.04. The van der Waals surface area contributed by atoms with Crippen molar-refractivity contribution >= 4 is 22.9 Å². The number of para-hydroxylation sites is 1. The number of rotatable bonds is 1. The third-order valence-electron chi connectivity index (χ3n) is 3.57. The molecule has 0 bridgehead atoms. The maximum atomic E-state index is 13.2. The fourth-order valence-corrected chi connectivity index (χ4v) is 2.52. The second-order valence-corrected chi connectivity index (χ2v) is 5.01. The van der Waals surface area contributed by atoms with Crippen molar-refractivity contribution in [1.82, 2.24) is 4.98 Å². The minimum atomic E-state index is -0.258. The van der Waals surface area contributed by atoms with Crippen LogP contribution in [0.3, 0.4) is 0 Å². The van der Waals surface area contributed by atoms with E-state index in [-0.39, 0.29) is 5.82 Å². The number of halogens is 1. The van der Waals surface area contributed by atoms with E-state index in [1.807, 2.05) is 36.4 Å². The fraction of sp³-hybridized carbons (Fsp3) is 0. The molecule has 2 aromatic carbocycles. The van der Waals surface area contributed by atoms with E-state index in [2.05, 4.69) is 10.3 Å². The molecule has 3 aromatic rings. The molecule has 3 nitrogen and oxygen atoms in total. The monoisotopic (exact) mass is 289 g/mol. The maximum Gasteiger partial charge on any atom is 0.156 e. The van der Waals surface area contributed by atoms with Gasteiger partial charge in [-0.25, -0.2) is 14.4 Å². The first-order chi connectivity index (χ1) is 10.8. The summed E-state index contributed by atoms with van der Waals surface area (Å²) in [5, 5.41) is 3.31. The van der Waals surface area contributed by atoms with E-state index in [4.69, 9.17) is 4.99 Å². The number of nitrogens with one attached hydrogen (secondary N) is 1. The van der Waals surface area contributed by atoms with Crippen LogP contribution >= 0.6 is 0 Å². The van der Waals surface area contributed by atoms with Gasteiger partial charge in [0.05, 0.1) is 5.71 Å². The van der Waals surface area contributed by atoms with Crippen molar-refractivity contribution in [2.45, 2.75) is 0 Å². The van der Waals surface area contributed by atoms with Crippen molar-refractivity contribution in [2.24, 2.45) is 4.99 Å². The first kappa shape index (κ1) is 12.7. The Morgan fingerprint density at radius 1 is 0.864 bits per heavy atom. The zero-order valence-electron chi connectivity index (χ0n) is 11.6. The van der Waals surface area contributed by atoms with Gasteiger partial charge in [-0.1, -0.05) is 18.2 Å². The number of fused-ring (bicyclic) bond motifs is 2. The first-order valence-electron chi connectivity index (χ1n) is 6.97. The number of nitrogens with zero attached hydrogens (tertiary/aromatic N) is 2. The fourth-order valence-electron chi connectivity index (χ4n) is 2.52. The van der Waals surface area contributed by atoms with E-state index in [1.54, 1.807) is 18.3 Å². The van der Waals surface area contributed by atoms with Crippen LogP contribution in [-0.4, -0.2) is 10.7 Å². The molecule has 106 valence electrons. The summed E-state index contributed by atoms with van der Waals surface area (Å²) in [6.07, 6.45) is 1.73. The topological polar surface area (TPSA) is 37.3 Å². The molecule has 0 fully saturated rings. The molecule has 0 spiro atoms. The number of pyridine rings is 1. The molecular formula is C18H12FN3. The number of hydrogen-bond acceptors (Lipinski definition) is 3. The SMILES string of the molecule is Fc1ccc(C2=Nc3cccnc3Nc3ccccc32)cc1. The van der Waals surface area contributed by atoms with Gasteiger partial charge in [0.25, 0.3) is 0 Å². The third-order valence-corrected chi connectivity index (χ3v) is 3.57. The van der Waals surface area contributed by atoms with E-state index in [0.717, 1.165) is 28.2 Å². The van der Waals surface area contributed by atoms with Crippen LogP contribution < -0.4 is 5.32 Å². The van der Waals surface area contributed by atoms with Crippen molar-refractivity contribution < 1.29 is 4.39 Å². The molecule has 4 heteroatoms. The van der Waals surface area contributed by atoms with Crippen LogP contribution in [0.25, 0.3) is 0 Å². The Kier molecular flexibility index (Phi) is 2.93. The average molecular weight is 289 g/mol. The van der Waals surface area contributed by atoms with Crippen molar-refractivity contribution in [2.75, 3.05) is 5.32 Å². The predicted molar refractivity (Wildman–Crippen MR) is 85.7 cm³/mol. The van der Waals surface area contributed by atoms with E-state index in [1.165, 1.54) is 12.1 Å². The second-order valence-electron chi connectivity index (χ2n) is 5.01. The second kappa shape index (κ2) is 5.07. The van der Waals surface area contributed by atoms with Gasteiger partial charge in [-0.2, -0.15) is 0 Å². The minimum Gasteiger partial charge on any atom is -0.338 e. The van der Waals surface area contributed by atoms with Gasteiger partial charge in [-0.15, -0.1) is 0 Å². The lowest BCUT2D eigenvalue weighted by Gasteiger charge is -2.10. The minimum absolute atomic E-state index is 0.258. The van der Waals surface area contributed by atoms with Crippen LogP contribution in [0.2, 0.25) is 0 Å². The van der Waals surface area contributed by atoms with Crippen molar-refractivity contribution in [3.05, 3.63) is 83.8 Å². The van der Waals surface area contributed by atoms with Gasteiger partial charge in [0.15, 0.2) is 5.82 Å². The quantitative estimate of drug-likeness (QED) is 0.562. The Morgan fingerprint density at radius 3 is 2.55 bits per heavy atom. The van der Waals surface area contributed by atoms with Crippen LogP contribution in [0.15, 0.2) is 71.9 Å². The summed E-state index contributed by atoms with van der Waals surface area (Å²) in [4.78, 5) is 9.09. The number of aliphatic imine (C=N–C) groups is 1. The summed E-state index contributed by atoms with van der Waals surface area (Å²) in [7, 11) is 0. The van der Waals surface area contributed by atoms with Crippen molar-refractivity contribution in [1.29, 1.82) is 0 Å².